The Kier molecular flexibility index (Phi) is 3.30. The lowest BCUT2D eigenvalue weighted by molar-refractivity contribution is -0.117. The molecule has 3 atom stereocenters. The van der Waals surface area contributed by atoms with Gasteiger partial charge in [-0.2, -0.15) is 0 Å². The lowest BCUT2D eigenvalue weighted by Crippen LogP contribution is -2.43. The van der Waals surface area contributed by atoms with E-state index in [4.69, 9.17) is 9.47 Å². The summed E-state index contributed by atoms with van der Waals surface area (Å²) >= 11 is 0. The van der Waals surface area contributed by atoms with Crippen LogP contribution in [0.3, 0.4) is 0 Å². The number of hydrogen-bond donors (Lipinski definition) is 1. The molecule has 3 nitrogen and oxygen atoms in total. The van der Waals surface area contributed by atoms with Gasteiger partial charge in [-0.25, -0.2) is 0 Å². The molecule has 1 saturated carbocycles. The number of rotatable bonds is 2. The molecule has 1 N–H and O–H groups in total. The van der Waals surface area contributed by atoms with Gasteiger partial charge in [0, 0.05) is 14.2 Å². The van der Waals surface area contributed by atoms with Gasteiger partial charge in [-0.1, -0.05) is 0 Å². The van der Waals surface area contributed by atoms with E-state index in [2.05, 4.69) is 0 Å². The molecule has 0 aromatic heterocycles. The SMILES string of the molecule is CO[C@H]1[C@@H](OC)CCC[C@@H]1O. The van der Waals surface area contributed by atoms with Crippen molar-refractivity contribution in [3.8, 4) is 0 Å². The second-order valence-corrected chi connectivity index (χ2v) is 2.97. The predicted molar refractivity (Wildman–Crippen MR) is 41.5 cm³/mol. The van der Waals surface area contributed by atoms with Gasteiger partial charge in [0.25, 0.3) is 0 Å². The van der Waals surface area contributed by atoms with Crippen LogP contribution in [0.25, 0.3) is 0 Å². The summed E-state index contributed by atoms with van der Waals surface area (Å²) in [6, 6.07) is 0. The fourth-order valence-electron chi connectivity index (χ4n) is 1.67. The summed E-state index contributed by atoms with van der Waals surface area (Å²) in [5.74, 6) is 0. The average Bonchev–Trinajstić information content (AvgIpc) is 2.04. The van der Waals surface area contributed by atoms with Crippen molar-refractivity contribution in [2.24, 2.45) is 0 Å². The summed E-state index contributed by atoms with van der Waals surface area (Å²) in [5, 5.41) is 9.47. The molecule has 0 saturated heterocycles. The number of hydrogen-bond acceptors (Lipinski definition) is 3. The van der Waals surface area contributed by atoms with Crippen LogP contribution in [0.5, 0.6) is 0 Å². The Morgan fingerprint density at radius 3 is 2.36 bits per heavy atom. The van der Waals surface area contributed by atoms with Crippen LogP contribution >= 0.6 is 0 Å². The van der Waals surface area contributed by atoms with Crippen molar-refractivity contribution in [2.45, 2.75) is 37.6 Å². The molecule has 1 fully saturated rings. The normalized spacial score (nSPS) is 39.0. The first kappa shape index (κ1) is 8.97. The maximum absolute atomic E-state index is 9.47. The zero-order valence-electron chi connectivity index (χ0n) is 7.12. The maximum Gasteiger partial charge on any atom is 0.109 e. The van der Waals surface area contributed by atoms with Crippen molar-refractivity contribution in [1.29, 1.82) is 0 Å². The molecule has 1 rings (SSSR count). The first-order valence-electron chi connectivity index (χ1n) is 4.03. The molecule has 0 unspecified atom stereocenters. The van der Waals surface area contributed by atoms with Crippen molar-refractivity contribution in [2.75, 3.05) is 14.2 Å². The molecule has 0 radical (unpaired) electrons. The smallest absolute Gasteiger partial charge is 0.109 e. The van der Waals surface area contributed by atoms with Gasteiger partial charge in [0.15, 0.2) is 0 Å². The van der Waals surface area contributed by atoms with Gasteiger partial charge in [-0.05, 0) is 19.3 Å². The van der Waals surface area contributed by atoms with Crippen molar-refractivity contribution in [3.63, 3.8) is 0 Å². The van der Waals surface area contributed by atoms with Crippen molar-refractivity contribution >= 4 is 0 Å². The summed E-state index contributed by atoms with van der Waals surface area (Å²) in [4.78, 5) is 0. The van der Waals surface area contributed by atoms with Gasteiger partial charge in [0.2, 0.25) is 0 Å². The second-order valence-electron chi connectivity index (χ2n) is 2.97. The highest BCUT2D eigenvalue weighted by Crippen LogP contribution is 2.23. The van der Waals surface area contributed by atoms with Gasteiger partial charge in [-0.3, -0.25) is 0 Å². The quantitative estimate of drug-likeness (QED) is 0.641. The van der Waals surface area contributed by atoms with Crippen molar-refractivity contribution in [1.82, 2.24) is 0 Å². The summed E-state index contributed by atoms with van der Waals surface area (Å²) in [6.07, 6.45) is 2.44. The van der Waals surface area contributed by atoms with Crippen LogP contribution in [0.4, 0.5) is 0 Å². The fraction of sp³-hybridized carbons (Fsp3) is 1.00. The zero-order chi connectivity index (χ0) is 8.27. The monoisotopic (exact) mass is 160 g/mol. The minimum absolute atomic E-state index is 0.0729. The molecule has 1 aliphatic carbocycles. The van der Waals surface area contributed by atoms with E-state index in [1.54, 1.807) is 14.2 Å². The molecule has 0 aliphatic heterocycles. The highest BCUT2D eigenvalue weighted by atomic mass is 16.5. The molecular formula is C8H16O3. The number of aliphatic hydroxyl groups is 1. The van der Waals surface area contributed by atoms with E-state index in [1.165, 1.54) is 0 Å². The van der Waals surface area contributed by atoms with Crippen LogP contribution in [-0.2, 0) is 9.47 Å². The molecule has 0 spiro atoms. The lowest BCUT2D eigenvalue weighted by atomic mass is 9.92. The van der Waals surface area contributed by atoms with E-state index in [0.29, 0.717) is 0 Å². The Labute approximate surface area is 67.3 Å². The summed E-state index contributed by atoms with van der Waals surface area (Å²) < 4.78 is 10.3. The number of methoxy groups -OCH3 is 2. The summed E-state index contributed by atoms with van der Waals surface area (Å²) in [5.41, 5.74) is 0. The van der Waals surface area contributed by atoms with Gasteiger partial charge in [0.1, 0.15) is 6.10 Å². The molecule has 66 valence electrons. The van der Waals surface area contributed by atoms with E-state index in [-0.39, 0.29) is 18.3 Å². The van der Waals surface area contributed by atoms with Crippen LogP contribution < -0.4 is 0 Å². The molecule has 0 amide bonds. The average molecular weight is 160 g/mol. The largest absolute Gasteiger partial charge is 0.390 e. The van der Waals surface area contributed by atoms with Gasteiger partial charge < -0.3 is 14.6 Å². The Morgan fingerprint density at radius 2 is 1.91 bits per heavy atom. The van der Waals surface area contributed by atoms with Crippen LogP contribution in [-0.4, -0.2) is 37.6 Å². The standard InChI is InChI=1S/C8H16O3/c1-10-7-5-3-4-6(9)8(7)11-2/h6-9H,3-5H2,1-2H3/t6-,7-,8+/m0/s1. The third-order valence-corrected chi connectivity index (χ3v) is 2.31. The highest BCUT2D eigenvalue weighted by Gasteiger charge is 2.31. The molecular weight excluding hydrogens is 144 g/mol. The van der Waals surface area contributed by atoms with Gasteiger partial charge >= 0.3 is 0 Å². The molecule has 0 heterocycles. The minimum atomic E-state index is -0.348. The maximum atomic E-state index is 9.47. The topological polar surface area (TPSA) is 38.7 Å². The molecule has 1 aliphatic rings. The Balaban J connectivity index is 2.48. The second kappa shape index (κ2) is 4.04. The number of aliphatic hydroxyl groups excluding tert-OH is 1. The molecule has 11 heavy (non-hydrogen) atoms. The van der Waals surface area contributed by atoms with Crippen LogP contribution in [0.1, 0.15) is 19.3 Å². The third-order valence-electron chi connectivity index (χ3n) is 2.31. The molecule has 0 bridgehead atoms. The van der Waals surface area contributed by atoms with E-state index in [0.717, 1.165) is 19.3 Å². The zero-order valence-corrected chi connectivity index (χ0v) is 7.12. The Bertz CT molecular complexity index is 116. The van der Waals surface area contributed by atoms with Crippen LogP contribution in [0.2, 0.25) is 0 Å². The van der Waals surface area contributed by atoms with E-state index in [9.17, 15) is 5.11 Å². The molecule has 0 aromatic carbocycles. The minimum Gasteiger partial charge on any atom is -0.390 e. The van der Waals surface area contributed by atoms with Crippen molar-refractivity contribution < 1.29 is 14.6 Å². The highest BCUT2D eigenvalue weighted by molar-refractivity contribution is 4.83. The third kappa shape index (κ3) is 1.92. The van der Waals surface area contributed by atoms with E-state index >= 15 is 0 Å². The Hall–Kier alpha value is -0.120. The van der Waals surface area contributed by atoms with Crippen LogP contribution in [0, 0.1) is 0 Å². The van der Waals surface area contributed by atoms with E-state index in [1.807, 2.05) is 0 Å². The fourth-order valence-corrected chi connectivity index (χ4v) is 1.67. The summed E-state index contributed by atoms with van der Waals surface area (Å²) in [6.45, 7) is 0. The first-order valence-corrected chi connectivity index (χ1v) is 4.03. The van der Waals surface area contributed by atoms with E-state index < -0.39 is 0 Å². The molecule has 0 aromatic rings. The van der Waals surface area contributed by atoms with Crippen molar-refractivity contribution in [3.05, 3.63) is 0 Å². The summed E-state index contributed by atoms with van der Waals surface area (Å²) in [7, 11) is 3.28. The predicted octanol–water partition coefficient (Wildman–Crippen LogP) is 0.561. The number of ether oxygens (including phenoxy) is 2. The van der Waals surface area contributed by atoms with Gasteiger partial charge in [-0.15, -0.1) is 0 Å². The molecule has 3 heteroatoms. The van der Waals surface area contributed by atoms with Gasteiger partial charge in [0.05, 0.1) is 12.2 Å². The Morgan fingerprint density at radius 1 is 1.18 bits per heavy atom. The lowest BCUT2D eigenvalue weighted by Gasteiger charge is -2.33. The first-order chi connectivity index (χ1) is 5.29. The van der Waals surface area contributed by atoms with Crippen LogP contribution in [0.15, 0.2) is 0 Å².